The number of carbonyl (C=O) groups is 2. The number of rotatable bonds is 5. The predicted molar refractivity (Wildman–Crippen MR) is 74.1 cm³/mol. The fraction of sp³-hybridized carbons (Fsp3) is 0.333. The molecule has 0 aromatic heterocycles. The molecule has 0 spiro atoms. The molecule has 1 rings (SSSR count). The van der Waals surface area contributed by atoms with Crippen LogP contribution in [-0.2, 0) is 4.79 Å². The van der Waals surface area contributed by atoms with E-state index in [1.807, 2.05) is 6.92 Å². The van der Waals surface area contributed by atoms with Crippen LogP contribution in [0.2, 0.25) is 0 Å². The lowest BCUT2D eigenvalue weighted by atomic mass is 10.1. The molecule has 6 heteroatoms. The van der Waals surface area contributed by atoms with Gasteiger partial charge in [-0.25, -0.2) is 0 Å². The van der Waals surface area contributed by atoms with Crippen LogP contribution in [0.4, 0.5) is 5.69 Å². The number of hydrogen-bond donors (Lipinski definition) is 3. The SMILES string of the molecule is CNCCC(=O)Nc1cc(C(N)=O)ccc1C.Cl. The van der Waals surface area contributed by atoms with Crippen molar-refractivity contribution in [3.63, 3.8) is 0 Å². The first kappa shape index (κ1) is 16.4. The molecule has 0 aliphatic rings. The van der Waals surface area contributed by atoms with E-state index >= 15 is 0 Å². The van der Waals surface area contributed by atoms with Gasteiger partial charge >= 0.3 is 0 Å². The van der Waals surface area contributed by atoms with Crippen LogP contribution in [-0.4, -0.2) is 25.4 Å². The number of benzene rings is 1. The van der Waals surface area contributed by atoms with E-state index in [2.05, 4.69) is 10.6 Å². The first-order valence-corrected chi connectivity index (χ1v) is 5.39. The Balaban J connectivity index is 0.00000289. The Morgan fingerprint density at radius 2 is 2.00 bits per heavy atom. The molecule has 4 N–H and O–H groups in total. The van der Waals surface area contributed by atoms with Crippen molar-refractivity contribution < 1.29 is 9.59 Å². The molecule has 0 saturated carbocycles. The van der Waals surface area contributed by atoms with Crippen molar-refractivity contribution in [3.8, 4) is 0 Å². The van der Waals surface area contributed by atoms with Crippen LogP contribution in [0, 0.1) is 6.92 Å². The van der Waals surface area contributed by atoms with E-state index in [4.69, 9.17) is 5.73 Å². The standard InChI is InChI=1S/C12H17N3O2.ClH/c1-8-3-4-9(12(13)17)7-10(8)15-11(16)5-6-14-2;/h3-4,7,14H,5-6H2,1-2H3,(H2,13,17)(H,15,16);1H. The van der Waals surface area contributed by atoms with Crippen molar-refractivity contribution in [2.75, 3.05) is 18.9 Å². The molecule has 5 nitrogen and oxygen atoms in total. The number of aryl methyl sites for hydroxylation is 1. The zero-order valence-electron chi connectivity index (χ0n) is 10.4. The smallest absolute Gasteiger partial charge is 0.248 e. The second-order valence-electron chi connectivity index (χ2n) is 3.80. The lowest BCUT2D eigenvalue weighted by Crippen LogP contribution is -2.19. The summed E-state index contributed by atoms with van der Waals surface area (Å²) >= 11 is 0. The van der Waals surface area contributed by atoms with Gasteiger partial charge in [0.25, 0.3) is 0 Å². The van der Waals surface area contributed by atoms with Gasteiger partial charge in [0.2, 0.25) is 11.8 Å². The minimum Gasteiger partial charge on any atom is -0.366 e. The third-order valence-corrected chi connectivity index (χ3v) is 2.40. The molecular weight excluding hydrogens is 254 g/mol. The van der Waals surface area contributed by atoms with Crippen LogP contribution in [0.15, 0.2) is 18.2 Å². The highest BCUT2D eigenvalue weighted by atomic mass is 35.5. The van der Waals surface area contributed by atoms with Gasteiger partial charge in [0, 0.05) is 24.2 Å². The monoisotopic (exact) mass is 271 g/mol. The lowest BCUT2D eigenvalue weighted by Gasteiger charge is -2.09. The number of nitrogens with two attached hydrogens (primary N) is 1. The average Bonchev–Trinajstić information content (AvgIpc) is 2.29. The molecule has 0 atom stereocenters. The molecule has 0 radical (unpaired) electrons. The fourth-order valence-corrected chi connectivity index (χ4v) is 1.36. The van der Waals surface area contributed by atoms with Crippen molar-refractivity contribution in [3.05, 3.63) is 29.3 Å². The number of halogens is 1. The van der Waals surface area contributed by atoms with E-state index in [0.717, 1.165) is 5.56 Å². The molecule has 0 bridgehead atoms. The summed E-state index contributed by atoms with van der Waals surface area (Å²) in [7, 11) is 1.78. The topological polar surface area (TPSA) is 84.2 Å². The van der Waals surface area contributed by atoms with E-state index in [0.29, 0.717) is 24.2 Å². The number of anilines is 1. The summed E-state index contributed by atoms with van der Waals surface area (Å²) in [6.45, 7) is 2.47. The average molecular weight is 272 g/mol. The molecule has 1 aromatic carbocycles. The Morgan fingerprint density at radius 3 is 2.56 bits per heavy atom. The number of amides is 2. The van der Waals surface area contributed by atoms with E-state index < -0.39 is 5.91 Å². The minimum absolute atomic E-state index is 0. The highest BCUT2D eigenvalue weighted by Crippen LogP contribution is 2.16. The second-order valence-corrected chi connectivity index (χ2v) is 3.80. The Labute approximate surface area is 113 Å². The Hall–Kier alpha value is -1.59. The van der Waals surface area contributed by atoms with Crippen molar-refractivity contribution in [1.82, 2.24) is 5.32 Å². The molecule has 0 aliphatic carbocycles. The van der Waals surface area contributed by atoms with Gasteiger partial charge < -0.3 is 16.4 Å². The molecule has 0 unspecified atom stereocenters. The maximum absolute atomic E-state index is 11.5. The quantitative estimate of drug-likeness (QED) is 0.749. The maximum atomic E-state index is 11.5. The number of nitrogens with one attached hydrogen (secondary N) is 2. The summed E-state index contributed by atoms with van der Waals surface area (Å²) in [5.74, 6) is -0.597. The van der Waals surface area contributed by atoms with E-state index in [1.165, 1.54) is 0 Å². The van der Waals surface area contributed by atoms with E-state index in [1.54, 1.807) is 25.2 Å². The zero-order valence-corrected chi connectivity index (χ0v) is 11.3. The van der Waals surface area contributed by atoms with Gasteiger partial charge in [0.1, 0.15) is 0 Å². The molecule has 0 heterocycles. The summed E-state index contributed by atoms with van der Waals surface area (Å²) in [5, 5.41) is 5.65. The van der Waals surface area contributed by atoms with E-state index in [9.17, 15) is 9.59 Å². The Morgan fingerprint density at radius 1 is 1.33 bits per heavy atom. The molecule has 0 aliphatic heterocycles. The zero-order chi connectivity index (χ0) is 12.8. The highest BCUT2D eigenvalue weighted by Gasteiger charge is 2.07. The second kappa shape index (κ2) is 7.68. The van der Waals surface area contributed by atoms with Gasteiger partial charge in [-0.2, -0.15) is 0 Å². The van der Waals surface area contributed by atoms with Crippen molar-refractivity contribution in [2.45, 2.75) is 13.3 Å². The van der Waals surface area contributed by atoms with Crippen LogP contribution in [0.1, 0.15) is 22.3 Å². The van der Waals surface area contributed by atoms with Crippen molar-refractivity contribution in [1.29, 1.82) is 0 Å². The summed E-state index contributed by atoms with van der Waals surface area (Å²) in [6.07, 6.45) is 0.386. The van der Waals surface area contributed by atoms with Gasteiger partial charge in [-0.05, 0) is 31.7 Å². The number of carbonyl (C=O) groups excluding carboxylic acids is 2. The van der Waals surface area contributed by atoms with E-state index in [-0.39, 0.29) is 18.3 Å². The molecule has 100 valence electrons. The van der Waals surface area contributed by atoms with Crippen LogP contribution in [0.25, 0.3) is 0 Å². The number of primary amides is 1. The summed E-state index contributed by atoms with van der Waals surface area (Å²) < 4.78 is 0. The largest absolute Gasteiger partial charge is 0.366 e. The van der Waals surface area contributed by atoms with Crippen molar-refractivity contribution in [2.24, 2.45) is 5.73 Å². The fourth-order valence-electron chi connectivity index (χ4n) is 1.36. The van der Waals surface area contributed by atoms with Gasteiger partial charge in [0.05, 0.1) is 0 Å². The molecule has 1 aromatic rings. The van der Waals surface area contributed by atoms with Crippen LogP contribution < -0.4 is 16.4 Å². The third kappa shape index (κ3) is 4.73. The Bertz CT molecular complexity index is 435. The number of hydrogen-bond acceptors (Lipinski definition) is 3. The first-order valence-electron chi connectivity index (χ1n) is 5.39. The first-order chi connectivity index (χ1) is 8.04. The van der Waals surface area contributed by atoms with Crippen molar-refractivity contribution >= 4 is 29.9 Å². The van der Waals surface area contributed by atoms with Crippen LogP contribution >= 0.6 is 12.4 Å². The van der Waals surface area contributed by atoms with Crippen LogP contribution in [0.3, 0.4) is 0 Å². The molecular formula is C12H18ClN3O2. The summed E-state index contributed by atoms with van der Waals surface area (Å²) in [5.41, 5.74) is 7.09. The summed E-state index contributed by atoms with van der Waals surface area (Å²) in [6, 6.07) is 4.99. The maximum Gasteiger partial charge on any atom is 0.248 e. The minimum atomic E-state index is -0.504. The van der Waals surface area contributed by atoms with Gasteiger partial charge in [-0.15, -0.1) is 12.4 Å². The predicted octanol–water partition coefficient (Wildman–Crippen LogP) is 1.06. The third-order valence-electron chi connectivity index (χ3n) is 2.40. The molecule has 0 fully saturated rings. The van der Waals surface area contributed by atoms with Crippen LogP contribution in [0.5, 0.6) is 0 Å². The Kier molecular flexibility index (Phi) is 7.00. The highest BCUT2D eigenvalue weighted by molar-refractivity contribution is 5.96. The molecule has 0 saturated heterocycles. The normalized spacial score (nSPS) is 9.44. The molecule has 18 heavy (non-hydrogen) atoms. The summed E-state index contributed by atoms with van der Waals surface area (Å²) in [4.78, 5) is 22.6. The molecule has 2 amide bonds. The lowest BCUT2D eigenvalue weighted by molar-refractivity contribution is -0.116. The van der Waals surface area contributed by atoms with Gasteiger partial charge in [-0.1, -0.05) is 6.07 Å². The van der Waals surface area contributed by atoms with Gasteiger partial charge in [-0.3, -0.25) is 9.59 Å². The van der Waals surface area contributed by atoms with Gasteiger partial charge in [0.15, 0.2) is 0 Å².